The van der Waals surface area contributed by atoms with E-state index in [-0.39, 0.29) is 24.3 Å². The van der Waals surface area contributed by atoms with Gasteiger partial charge in [0.15, 0.2) is 0 Å². The Morgan fingerprint density at radius 3 is 2.55 bits per heavy atom. The van der Waals surface area contributed by atoms with E-state index in [1.54, 1.807) is 0 Å². The van der Waals surface area contributed by atoms with Gasteiger partial charge in [-0.1, -0.05) is 13.8 Å². The van der Waals surface area contributed by atoms with Gasteiger partial charge < -0.3 is 21.1 Å². The van der Waals surface area contributed by atoms with Crippen LogP contribution < -0.4 is 11.1 Å². The highest BCUT2D eigenvalue weighted by atomic mass is 16.4. The molecule has 0 radical (unpaired) electrons. The Kier molecular flexibility index (Phi) is 5.79. The van der Waals surface area contributed by atoms with Gasteiger partial charge in [-0.15, -0.1) is 0 Å². The number of nitrogens with one attached hydrogen (secondary N) is 1. The van der Waals surface area contributed by atoms with Gasteiger partial charge in [0.1, 0.15) is 6.04 Å². The number of rotatable bonds is 5. The molecule has 0 aromatic rings. The first kappa shape index (κ1) is 16.3. The van der Waals surface area contributed by atoms with Gasteiger partial charge in [-0.3, -0.25) is 4.79 Å². The number of hydrogen-bond donors (Lipinski definition) is 3. The standard InChI is InChI=1S/C13H23N3O4/c1-8(2)6-10(12(18)19)15-11(17)9-4-3-5-16(7-9)13(14)20/h8-10H,3-7H2,1-2H3,(H2,14,20)(H,15,17)(H,18,19)/t9-,10-/m0/s1. The monoisotopic (exact) mass is 285 g/mol. The van der Waals surface area contributed by atoms with Crippen LogP contribution in [-0.4, -0.2) is 47.0 Å². The minimum Gasteiger partial charge on any atom is -0.480 e. The number of likely N-dealkylation sites (tertiary alicyclic amines) is 1. The smallest absolute Gasteiger partial charge is 0.326 e. The highest BCUT2D eigenvalue weighted by molar-refractivity contribution is 5.85. The van der Waals surface area contributed by atoms with Crippen molar-refractivity contribution in [3.05, 3.63) is 0 Å². The summed E-state index contributed by atoms with van der Waals surface area (Å²) in [7, 11) is 0. The quantitative estimate of drug-likeness (QED) is 0.678. The van der Waals surface area contributed by atoms with Crippen molar-refractivity contribution in [2.24, 2.45) is 17.6 Å². The minimum atomic E-state index is -1.03. The van der Waals surface area contributed by atoms with Gasteiger partial charge in [0.2, 0.25) is 5.91 Å². The summed E-state index contributed by atoms with van der Waals surface area (Å²) in [5, 5.41) is 11.7. The summed E-state index contributed by atoms with van der Waals surface area (Å²) in [6.07, 6.45) is 1.72. The van der Waals surface area contributed by atoms with Crippen molar-refractivity contribution in [1.29, 1.82) is 0 Å². The average Bonchev–Trinajstić information content (AvgIpc) is 2.37. The van der Waals surface area contributed by atoms with Crippen LogP contribution >= 0.6 is 0 Å². The van der Waals surface area contributed by atoms with E-state index < -0.39 is 18.0 Å². The molecular weight excluding hydrogens is 262 g/mol. The predicted octanol–water partition coefficient (Wildman–Crippen LogP) is 0.393. The Labute approximate surface area is 118 Å². The van der Waals surface area contributed by atoms with E-state index in [4.69, 9.17) is 10.8 Å². The van der Waals surface area contributed by atoms with Gasteiger partial charge in [-0.25, -0.2) is 9.59 Å². The molecule has 0 saturated carbocycles. The number of urea groups is 1. The first-order chi connectivity index (χ1) is 9.31. The molecule has 1 fully saturated rings. The maximum absolute atomic E-state index is 12.1. The van der Waals surface area contributed by atoms with E-state index in [1.165, 1.54) is 4.90 Å². The molecule has 7 nitrogen and oxygen atoms in total. The molecule has 0 bridgehead atoms. The molecule has 3 amide bonds. The number of hydrogen-bond acceptors (Lipinski definition) is 3. The van der Waals surface area contributed by atoms with Crippen LogP contribution in [0.2, 0.25) is 0 Å². The molecule has 114 valence electrons. The van der Waals surface area contributed by atoms with Crippen molar-refractivity contribution < 1.29 is 19.5 Å². The van der Waals surface area contributed by atoms with Crippen molar-refractivity contribution in [3.63, 3.8) is 0 Å². The number of nitrogens with two attached hydrogens (primary N) is 1. The molecule has 7 heteroatoms. The van der Waals surface area contributed by atoms with E-state index in [1.807, 2.05) is 13.8 Å². The van der Waals surface area contributed by atoms with Gasteiger partial charge >= 0.3 is 12.0 Å². The minimum absolute atomic E-state index is 0.171. The fourth-order valence-electron chi connectivity index (χ4n) is 2.37. The van der Waals surface area contributed by atoms with Crippen molar-refractivity contribution in [2.75, 3.05) is 13.1 Å². The lowest BCUT2D eigenvalue weighted by atomic mass is 9.96. The zero-order chi connectivity index (χ0) is 15.3. The van der Waals surface area contributed by atoms with Gasteiger partial charge in [0.05, 0.1) is 5.92 Å². The highest BCUT2D eigenvalue weighted by Gasteiger charge is 2.30. The molecular formula is C13H23N3O4. The Balaban J connectivity index is 2.59. The number of piperidine rings is 1. The highest BCUT2D eigenvalue weighted by Crippen LogP contribution is 2.17. The lowest BCUT2D eigenvalue weighted by Gasteiger charge is -2.31. The molecule has 1 heterocycles. The average molecular weight is 285 g/mol. The number of primary amides is 1. The topological polar surface area (TPSA) is 113 Å². The Bertz CT molecular complexity index is 384. The Hall–Kier alpha value is -1.79. The first-order valence-corrected chi connectivity index (χ1v) is 6.88. The van der Waals surface area contributed by atoms with Crippen LogP contribution in [0.25, 0.3) is 0 Å². The SMILES string of the molecule is CC(C)C[C@H](NC(=O)[C@H]1CCCN(C(N)=O)C1)C(=O)O. The maximum Gasteiger partial charge on any atom is 0.326 e. The van der Waals surface area contributed by atoms with E-state index in [0.717, 1.165) is 0 Å². The van der Waals surface area contributed by atoms with Crippen LogP contribution in [0.4, 0.5) is 4.79 Å². The lowest BCUT2D eigenvalue weighted by molar-refractivity contribution is -0.143. The zero-order valence-corrected chi connectivity index (χ0v) is 12.0. The number of carboxylic acid groups (broad SMARTS) is 1. The summed E-state index contributed by atoms with van der Waals surface area (Å²) in [4.78, 5) is 35.8. The van der Waals surface area contributed by atoms with E-state index in [2.05, 4.69) is 5.32 Å². The number of aliphatic carboxylic acids is 1. The number of carboxylic acids is 1. The molecule has 20 heavy (non-hydrogen) atoms. The fraction of sp³-hybridized carbons (Fsp3) is 0.769. The number of carbonyl (C=O) groups is 3. The third-order valence-corrected chi connectivity index (χ3v) is 3.43. The number of nitrogens with zero attached hydrogens (tertiary/aromatic N) is 1. The van der Waals surface area contributed by atoms with Gasteiger partial charge in [-0.2, -0.15) is 0 Å². The second-order valence-corrected chi connectivity index (χ2v) is 5.65. The third-order valence-electron chi connectivity index (χ3n) is 3.43. The summed E-state index contributed by atoms with van der Waals surface area (Å²) in [6, 6.07) is -1.43. The lowest BCUT2D eigenvalue weighted by Crippen LogP contribution is -2.50. The molecule has 2 atom stereocenters. The summed E-state index contributed by atoms with van der Waals surface area (Å²) in [6.45, 7) is 4.61. The van der Waals surface area contributed by atoms with Gasteiger partial charge in [-0.05, 0) is 25.2 Å². The van der Waals surface area contributed by atoms with Crippen molar-refractivity contribution >= 4 is 17.9 Å². The zero-order valence-electron chi connectivity index (χ0n) is 12.0. The molecule has 1 aliphatic rings. The fourth-order valence-corrected chi connectivity index (χ4v) is 2.37. The van der Waals surface area contributed by atoms with Crippen LogP contribution in [-0.2, 0) is 9.59 Å². The van der Waals surface area contributed by atoms with Crippen LogP contribution in [0.3, 0.4) is 0 Å². The molecule has 0 aliphatic carbocycles. The second-order valence-electron chi connectivity index (χ2n) is 5.65. The Morgan fingerprint density at radius 1 is 1.40 bits per heavy atom. The summed E-state index contributed by atoms with van der Waals surface area (Å²) < 4.78 is 0. The van der Waals surface area contributed by atoms with Crippen LogP contribution in [0.15, 0.2) is 0 Å². The van der Waals surface area contributed by atoms with Crippen LogP contribution in [0.1, 0.15) is 33.1 Å². The second kappa shape index (κ2) is 7.12. The largest absolute Gasteiger partial charge is 0.480 e. The van der Waals surface area contributed by atoms with Gasteiger partial charge in [0.25, 0.3) is 0 Å². The maximum atomic E-state index is 12.1. The molecule has 0 unspecified atom stereocenters. The Morgan fingerprint density at radius 2 is 2.05 bits per heavy atom. The van der Waals surface area contributed by atoms with E-state index >= 15 is 0 Å². The van der Waals surface area contributed by atoms with E-state index in [9.17, 15) is 14.4 Å². The molecule has 0 aromatic heterocycles. The van der Waals surface area contributed by atoms with Crippen molar-refractivity contribution in [3.8, 4) is 0 Å². The molecule has 0 aromatic carbocycles. The van der Waals surface area contributed by atoms with E-state index in [0.29, 0.717) is 25.8 Å². The summed E-state index contributed by atoms with van der Waals surface area (Å²) in [5.74, 6) is -1.56. The first-order valence-electron chi connectivity index (χ1n) is 6.88. The van der Waals surface area contributed by atoms with Crippen molar-refractivity contribution in [2.45, 2.75) is 39.2 Å². The molecule has 1 aliphatic heterocycles. The molecule has 1 saturated heterocycles. The van der Waals surface area contributed by atoms with Crippen molar-refractivity contribution in [1.82, 2.24) is 10.2 Å². The normalized spacial score (nSPS) is 20.6. The molecule has 0 spiro atoms. The van der Waals surface area contributed by atoms with Gasteiger partial charge in [0, 0.05) is 13.1 Å². The summed E-state index contributed by atoms with van der Waals surface area (Å²) >= 11 is 0. The molecule has 1 rings (SSSR count). The predicted molar refractivity (Wildman–Crippen MR) is 72.9 cm³/mol. The van der Waals surface area contributed by atoms with Crippen LogP contribution in [0, 0.1) is 11.8 Å². The van der Waals surface area contributed by atoms with Crippen LogP contribution in [0.5, 0.6) is 0 Å². The molecule has 4 N–H and O–H groups in total. The number of amides is 3. The third kappa shape index (κ3) is 4.71. The summed E-state index contributed by atoms with van der Waals surface area (Å²) in [5.41, 5.74) is 5.21. The number of carbonyl (C=O) groups excluding carboxylic acids is 2.